The Bertz CT molecular complexity index is 525. The minimum absolute atomic E-state index is 0.0739. The van der Waals surface area contributed by atoms with Gasteiger partial charge in [0.1, 0.15) is 0 Å². The summed E-state index contributed by atoms with van der Waals surface area (Å²) in [5, 5.41) is 0. The van der Waals surface area contributed by atoms with Gasteiger partial charge in [0.25, 0.3) is 0 Å². The second-order valence-electron chi connectivity index (χ2n) is 6.66. The van der Waals surface area contributed by atoms with Crippen molar-refractivity contribution in [1.82, 2.24) is 9.97 Å². The number of hydrogen-bond acceptors (Lipinski definition) is 2. The minimum atomic E-state index is -1.55. The second kappa shape index (κ2) is 5.53. The van der Waals surface area contributed by atoms with Crippen LogP contribution in [0.1, 0.15) is 41.5 Å². The van der Waals surface area contributed by atoms with Gasteiger partial charge in [-0.1, -0.05) is 0 Å². The van der Waals surface area contributed by atoms with E-state index in [9.17, 15) is 0 Å². The third kappa shape index (κ3) is 2.64. The van der Waals surface area contributed by atoms with Gasteiger partial charge < -0.3 is 0 Å². The van der Waals surface area contributed by atoms with Crippen molar-refractivity contribution in [3.63, 3.8) is 0 Å². The van der Waals surface area contributed by atoms with Crippen molar-refractivity contribution in [2.24, 2.45) is 0 Å². The summed E-state index contributed by atoms with van der Waals surface area (Å²) in [5.74, 6) is 0. The quantitative estimate of drug-likeness (QED) is 0.778. The van der Waals surface area contributed by atoms with Crippen molar-refractivity contribution in [3.8, 4) is 0 Å². The molecule has 0 bridgehead atoms. The molecular weight excluding hydrogens is 303 g/mol. The number of rotatable bonds is 2. The SMILES string of the molecule is C[C](C)(C)[Ni]([c]1ccccn1)([c]1ccccn1)[C](C)(C)C. The topological polar surface area (TPSA) is 25.8 Å². The Hall–Kier alpha value is -1.21. The summed E-state index contributed by atoms with van der Waals surface area (Å²) in [6.07, 6.45) is 3.81. The van der Waals surface area contributed by atoms with Crippen LogP contribution >= 0.6 is 0 Å². The molecule has 21 heavy (non-hydrogen) atoms. The summed E-state index contributed by atoms with van der Waals surface area (Å²) >= 11 is -1.55. The van der Waals surface area contributed by atoms with E-state index in [1.807, 2.05) is 24.5 Å². The molecule has 0 atom stereocenters. The van der Waals surface area contributed by atoms with Gasteiger partial charge in [-0.15, -0.1) is 0 Å². The molecule has 0 radical (unpaired) electrons. The normalized spacial score (nSPS) is 14.0. The van der Waals surface area contributed by atoms with Gasteiger partial charge in [-0.2, -0.15) is 0 Å². The molecule has 0 N–H and O–H groups in total. The molecular formula is C18H26N2Ni. The summed E-state index contributed by atoms with van der Waals surface area (Å²) in [6.45, 7) is 13.9. The van der Waals surface area contributed by atoms with E-state index < -0.39 is 12.4 Å². The summed E-state index contributed by atoms with van der Waals surface area (Å²) in [7, 11) is 0. The number of hydrogen-bond donors (Lipinski definition) is 0. The van der Waals surface area contributed by atoms with Gasteiger partial charge in [-0.25, -0.2) is 0 Å². The third-order valence-corrected chi connectivity index (χ3v) is 9.68. The van der Waals surface area contributed by atoms with E-state index in [4.69, 9.17) is 9.97 Å². The van der Waals surface area contributed by atoms with E-state index in [-0.39, 0.29) is 8.77 Å². The fourth-order valence-corrected chi connectivity index (χ4v) is 9.44. The van der Waals surface area contributed by atoms with Crippen LogP contribution in [0.15, 0.2) is 48.8 Å². The van der Waals surface area contributed by atoms with Crippen LogP contribution in [0.2, 0.25) is 8.77 Å². The molecule has 0 saturated carbocycles. The van der Waals surface area contributed by atoms with Gasteiger partial charge in [0.15, 0.2) is 0 Å². The van der Waals surface area contributed by atoms with E-state index in [1.54, 1.807) is 0 Å². The maximum atomic E-state index is 4.76. The zero-order valence-electron chi connectivity index (χ0n) is 13.8. The van der Waals surface area contributed by atoms with E-state index in [0.29, 0.717) is 0 Å². The van der Waals surface area contributed by atoms with Gasteiger partial charge in [0, 0.05) is 0 Å². The van der Waals surface area contributed by atoms with Crippen LogP contribution in [0, 0.1) is 0 Å². The molecule has 0 aliphatic carbocycles. The van der Waals surface area contributed by atoms with E-state index in [2.05, 4.69) is 65.8 Å². The number of pyridine rings is 2. The van der Waals surface area contributed by atoms with Crippen LogP contribution in [0.4, 0.5) is 0 Å². The maximum absolute atomic E-state index is 4.76. The molecule has 0 fully saturated rings. The van der Waals surface area contributed by atoms with Gasteiger partial charge in [-0.05, 0) is 0 Å². The predicted octanol–water partition coefficient (Wildman–Crippen LogP) is 4.02. The molecule has 0 aliphatic rings. The molecule has 0 saturated heterocycles. The third-order valence-electron chi connectivity index (χ3n) is 3.13. The molecule has 0 spiro atoms. The van der Waals surface area contributed by atoms with Crippen molar-refractivity contribution in [1.29, 1.82) is 0 Å². The first-order valence-electron chi connectivity index (χ1n) is 7.17. The van der Waals surface area contributed by atoms with E-state index in [1.165, 1.54) is 9.33 Å². The van der Waals surface area contributed by atoms with Gasteiger partial charge in [0.05, 0.1) is 0 Å². The summed E-state index contributed by atoms with van der Waals surface area (Å²) in [6, 6.07) is 12.5. The average Bonchev–Trinajstić information content (AvgIpc) is 2.38. The first-order valence-corrected chi connectivity index (χ1v) is 9.15. The van der Waals surface area contributed by atoms with Crippen molar-refractivity contribution in [2.75, 3.05) is 0 Å². The molecule has 0 amide bonds. The first-order chi connectivity index (χ1) is 9.71. The average molecular weight is 329 g/mol. The molecule has 0 unspecified atom stereocenters. The van der Waals surface area contributed by atoms with Crippen LogP contribution in [-0.4, -0.2) is 9.97 Å². The molecule has 2 aromatic heterocycles. The zero-order chi connectivity index (χ0) is 15.7. The Morgan fingerprint density at radius 3 is 1.29 bits per heavy atom. The van der Waals surface area contributed by atoms with Crippen molar-refractivity contribution in [3.05, 3.63) is 48.8 Å². The van der Waals surface area contributed by atoms with Gasteiger partial charge in [0.2, 0.25) is 0 Å². The van der Waals surface area contributed by atoms with Crippen LogP contribution in [0.5, 0.6) is 0 Å². The molecule has 3 heteroatoms. The number of nitrogens with zero attached hydrogens (tertiary/aromatic N) is 2. The van der Waals surface area contributed by atoms with Crippen LogP contribution in [0.3, 0.4) is 0 Å². The summed E-state index contributed by atoms with van der Waals surface area (Å²) in [5.41, 5.74) is 0. The van der Waals surface area contributed by atoms with E-state index in [0.717, 1.165) is 0 Å². The fourth-order valence-electron chi connectivity index (χ4n) is 2.71. The van der Waals surface area contributed by atoms with Crippen molar-refractivity contribution < 1.29 is 12.4 Å². The molecule has 2 rings (SSSR count). The monoisotopic (exact) mass is 328 g/mol. The predicted molar refractivity (Wildman–Crippen MR) is 87.2 cm³/mol. The zero-order valence-corrected chi connectivity index (χ0v) is 14.8. The van der Waals surface area contributed by atoms with E-state index >= 15 is 0 Å². The molecule has 0 aliphatic heterocycles. The summed E-state index contributed by atoms with van der Waals surface area (Å²) in [4.78, 5) is 9.52. The summed E-state index contributed by atoms with van der Waals surface area (Å²) < 4.78 is 2.51. The number of aromatic nitrogens is 2. The van der Waals surface area contributed by atoms with Gasteiger partial charge in [-0.3, -0.25) is 0 Å². The van der Waals surface area contributed by atoms with Crippen molar-refractivity contribution in [2.45, 2.75) is 50.3 Å². The van der Waals surface area contributed by atoms with Crippen LogP contribution in [-0.2, 0) is 12.4 Å². The molecule has 2 aromatic rings. The molecule has 0 aromatic carbocycles. The van der Waals surface area contributed by atoms with Crippen LogP contribution in [0.25, 0.3) is 0 Å². The molecule has 2 nitrogen and oxygen atoms in total. The Balaban J connectivity index is 2.87. The van der Waals surface area contributed by atoms with Crippen LogP contribution < -0.4 is 9.33 Å². The van der Waals surface area contributed by atoms with Crippen molar-refractivity contribution >= 4 is 9.33 Å². The molecule has 118 valence electrons. The second-order valence-corrected chi connectivity index (χ2v) is 12.1. The Morgan fingerprint density at radius 2 is 1.05 bits per heavy atom. The van der Waals surface area contributed by atoms with Gasteiger partial charge >= 0.3 is 131 Å². The first kappa shape index (κ1) is 16.2. The Kier molecular flexibility index (Phi) is 4.26. The molecule has 2 heterocycles. The standard InChI is InChI=1S/2C5H4N.2C4H9.Ni/c2*1-2-4-6-5-3-1;2*1-4(2)3;/h2*1-4H;2*1-3H3;. The Morgan fingerprint density at radius 1 is 0.667 bits per heavy atom. The Labute approximate surface area is 131 Å². The fraction of sp³-hybridized carbons (Fsp3) is 0.444.